The molecule has 0 aliphatic carbocycles. The zero-order chi connectivity index (χ0) is 12.3. The van der Waals surface area contributed by atoms with Gasteiger partial charge in [-0.15, -0.1) is 0 Å². The second-order valence-corrected chi connectivity index (χ2v) is 3.12. The fourth-order valence-corrected chi connectivity index (χ4v) is 1.20. The zero-order valence-corrected chi connectivity index (χ0v) is 8.18. The van der Waals surface area contributed by atoms with Gasteiger partial charge in [0.15, 0.2) is 0 Å². The van der Waals surface area contributed by atoms with E-state index < -0.39 is 23.7 Å². The van der Waals surface area contributed by atoms with E-state index in [0.717, 1.165) is 6.07 Å². The standard InChI is InChI=1S/C9H11F4N3/c10-7-2-1-5(9(11,12)13)3-6(7)8(15)16-4-14/h1-3,8,16H,4,14-15H2. The molecule has 1 aromatic carbocycles. The number of benzene rings is 1. The SMILES string of the molecule is NCNC(N)c1cc(C(F)(F)F)ccc1F. The van der Waals surface area contributed by atoms with Gasteiger partial charge in [-0.1, -0.05) is 0 Å². The number of rotatable bonds is 3. The van der Waals surface area contributed by atoms with Gasteiger partial charge in [0.05, 0.1) is 11.7 Å². The third kappa shape index (κ3) is 2.91. The quantitative estimate of drug-likeness (QED) is 0.548. The highest BCUT2D eigenvalue weighted by atomic mass is 19.4. The van der Waals surface area contributed by atoms with Crippen molar-refractivity contribution in [1.29, 1.82) is 0 Å². The molecule has 0 aromatic heterocycles. The fourth-order valence-electron chi connectivity index (χ4n) is 1.20. The van der Waals surface area contributed by atoms with Crippen LogP contribution in [-0.2, 0) is 6.18 Å². The molecule has 0 amide bonds. The Morgan fingerprint density at radius 2 is 1.94 bits per heavy atom. The molecule has 0 aliphatic heterocycles. The lowest BCUT2D eigenvalue weighted by atomic mass is 10.1. The van der Waals surface area contributed by atoms with Crippen LogP contribution in [0.25, 0.3) is 0 Å². The minimum absolute atomic E-state index is 0.0587. The number of halogens is 4. The molecule has 16 heavy (non-hydrogen) atoms. The number of nitrogens with two attached hydrogens (primary N) is 2. The van der Waals surface area contributed by atoms with Gasteiger partial charge in [0, 0.05) is 12.2 Å². The van der Waals surface area contributed by atoms with E-state index in [1.165, 1.54) is 0 Å². The van der Waals surface area contributed by atoms with Crippen LogP contribution in [0.3, 0.4) is 0 Å². The molecule has 0 bridgehead atoms. The van der Waals surface area contributed by atoms with Gasteiger partial charge in [0.25, 0.3) is 0 Å². The van der Waals surface area contributed by atoms with Crippen LogP contribution in [0.5, 0.6) is 0 Å². The van der Waals surface area contributed by atoms with Crippen molar-refractivity contribution in [3.8, 4) is 0 Å². The summed E-state index contributed by atoms with van der Waals surface area (Å²) in [5.74, 6) is -0.804. The molecule has 0 saturated carbocycles. The Kier molecular flexibility index (Phi) is 3.84. The summed E-state index contributed by atoms with van der Waals surface area (Å²) in [6, 6.07) is 2.06. The van der Waals surface area contributed by atoms with E-state index in [2.05, 4.69) is 5.32 Å². The van der Waals surface area contributed by atoms with Crippen LogP contribution < -0.4 is 16.8 Å². The Morgan fingerprint density at radius 3 is 2.44 bits per heavy atom. The molecule has 0 saturated heterocycles. The lowest BCUT2D eigenvalue weighted by Gasteiger charge is -2.15. The molecule has 1 rings (SSSR count). The third-order valence-corrected chi connectivity index (χ3v) is 2.00. The van der Waals surface area contributed by atoms with E-state index in [1.54, 1.807) is 0 Å². The van der Waals surface area contributed by atoms with Gasteiger partial charge in [0.1, 0.15) is 5.82 Å². The first-order chi connectivity index (χ1) is 7.36. The van der Waals surface area contributed by atoms with E-state index in [9.17, 15) is 17.6 Å². The molecule has 0 spiro atoms. The molecule has 1 aromatic rings. The predicted octanol–water partition coefficient (Wildman–Crippen LogP) is 1.31. The molecule has 3 nitrogen and oxygen atoms in total. The summed E-state index contributed by atoms with van der Waals surface area (Å²) >= 11 is 0. The van der Waals surface area contributed by atoms with Gasteiger partial charge in [-0.2, -0.15) is 13.2 Å². The molecule has 1 atom stereocenters. The molecule has 5 N–H and O–H groups in total. The van der Waals surface area contributed by atoms with Crippen molar-refractivity contribution in [3.63, 3.8) is 0 Å². The van der Waals surface area contributed by atoms with Crippen LogP contribution in [0, 0.1) is 5.82 Å². The summed E-state index contributed by atoms with van der Waals surface area (Å²) in [6.07, 6.45) is -5.59. The van der Waals surface area contributed by atoms with E-state index in [-0.39, 0.29) is 12.2 Å². The Bertz CT molecular complexity index is 364. The molecular weight excluding hydrogens is 226 g/mol. The van der Waals surface area contributed by atoms with E-state index in [0.29, 0.717) is 12.1 Å². The summed E-state index contributed by atoms with van der Waals surface area (Å²) in [4.78, 5) is 0. The zero-order valence-electron chi connectivity index (χ0n) is 8.18. The molecule has 0 radical (unpaired) electrons. The summed E-state index contributed by atoms with van der Waals surface area (Å²) in [5.41, 5.74) is 9.32. The van der Waals surface area contributed by atoms with Gasteiger partial charge in [0.2, 0.25) is 0 Å². The second-order valence-electron chi connectivity index (χ2n) is 3.12. The van der Waals surface area contributed by atoms with Gasteiger partial charge < -0.3 is 11.5 Å². The van der Waals surface area contributed by atoms with Crippen LogP contribution in [0.1, 0.15) is 17.3 Å². The van der Waals surface area contributed by atoms with E-state index in [4.69, 9.17) is 11.5 Å². The summed E-state index contributed by atoms with van der Waals surface area (Å²) in [7, 11) is 0. The molecular formula is C9H11F4N3. The van der Waals surface area contributed by atoms with Crippen LogP contribution >= 0.6 is 0 Å². The number of hydrogen-bond acceptors (Lipinski definition) is 3. The number of hydrogen-bond donors (Lipinski definition) is 3. The molecule has 90 valence electrons. The van der Waals surface area contributed by atoms with Crippen molar-refractivity contribution in [3.05, 3.63) is 35.1 Å². The molecule has 7 heteroatoms. The second kappa shape index (κ2) is 4.77. The lowest BCUT2D eigenvalue weighted by molar-refractivity contribution is -0.137. The van der Waals surface area contributed by atoms with Crippen molar-refractivity contribution >= 4 is 0 Å². The normalized spacial score (nSPS) is 13.9. The van der Waals surface area contributed by atoms with Crippen molar-refractivity contribution in [1.82, 2.24) is 5.32 Å². The maximum Gasteiger partial charge on any atom is 0.416 e. The summed E-state index contributed by atoms with van der Waals surface area (Å²) in [5, 5.41) is 2.43. The van der Waals surface area contributed by atoms with Gasteiger partial charge >= 0.3 is 6.18 Å². The first kappa shape index (κ1) is 12.9. The maximum atomic E-state index is 13.2. The largest absolute Gasteiger partial charge is 0.416 e. The highest BCUT2D eigenvalue weighted by Crippen LogP contribution is 2.31. The highest BCUT2D eigenvalue weighted by molar-refractivity contribution is 5.29. The smallest absolute Gasteiger partial charge is 0.318 e. The van der Waals surface area contributed by atoms with Gasteiger partial charge in [-0.05, 0) is 18.2 Å². The molecule has 0 fully saturated rings. The first-order valence-electron chi connectivity index (χ1n) is 4.42. The monoisotopic (exact) mass is 237 g/mol. The van der Waals surface area contributed by atoms with Gasteiger partial charge in [-0.3, -0.25) is 5.32 Å². The molecule has 0 heterocycles. The van der Waals surface area contributed by atoms with E-state index >= 15 is 0 Å². The van der Waals surface area contributed by atoms with Gasteiger partial charge in [-0.25, -0.2) is 4.39 Å². The molecule has 1 unspecified atom stereocenters. The van der Waals surface area contributed by atoms with Crippen molar-refractivity contribution in [2.75, 3.05) is 6.67 Å². The summed E-state index contributed by atoms with van der Waals surface area (Å²) in [6.45, 7) is -0.0587. The minimum atomic E-state index is -4.52. The van der Waals surface area contributed by atoms with Crippen LogP contribution in [-0.4, -0.2) is 6.67 Å². The average Bonchev–Trinajstić information content (AvgIpc) is 2.16. The van der Waals surface area contributed by atoms with Crippen molar-refractivity contribution < 1.29 is 17.6 Å². The molecule has 0 aliphatic rings. The van der Waals surface area contributed by atoms with Crippen LogP contribution in [0.4, 0.5) is 17.6 Å². The fraction of sp³-hybridized carbons (Fsp3) is 0.333. The Labute approximate surface area is 89.4 Å². The number of alkyl halides is 3. The predicted molar refractivity (Wildman–Crippen MR) is 50.5 cm³/mol. The van der Waals surface area contributed by atoms with Crippen molar-refractivity contribution in [2.45, 2.75) is 12.3 Å². The summed E-state index contributed by atoms with van der Waals surface area (Å²) < 4.78 is 50.2. The average molecular weight is 237 g/mol. The van der Waals surface area contributed by atoms with Crippen molar-refractivity contribution in [2.24, 2.45) is 11.5 Å². The van der Waals surface area contributed by atoms with E-state index in [1.807, 2.05) is 0 Å². The lowest BCUT2D eigenvalue weighted by Crippen LogP contribution is -2.34. The third-order valence-electron chi connectivity index (χ3n) is 2.00. The highest BCUT2D eigenvalue weighted by Gasteiger charge is 2.31. The maximum absolute atomic E-state index is 13.2. The topological polar surface area (TPSA) is 64.1 Å². The Hall–Kier alpha value is -1.18. The first-order valence-corrected chi connectivity index (χ1v) is 4.42. The Morgan fingerprint density at radius 1 is 1.31 bits per heavy atom. The Balaban J connectivity index is 3.09. The van der Waals surface area contributed by atoms with Crippen LogP contribution in [0.15, 0.2) is 18.2 Å². The number of nitrogens with one attached hydrogen (secondary N) is 1. The van der Waals surface area contributed by atoms with Crippen LogP contribution in [0.2, 0.25) is 0 Å². The minimum Gasteiger partial charge on any atom is -0.318 e.